The number of hydroxylamine groups is 1. The van der Waals surface area contributed by atoms with Crippen molar-refractivity contribution in [1.82, 2.24) is 15.1 Å². The molecule has 0 amide bonds. The number of piperazine rings is 1. The number of para-hydroxylation sites is 1. The van der Waals surface area contributed by atoms with Gasteiger partial charge in [-0.25, -0.2) is 4.99 Å². The predicted molar refractivity (Wildman–Crippen MR) is 199 cm³/mol. The summed E-state index contributed by atoms with van der Waals surface area (Å²) in [5.74, 6) is 0.625. The molecule has 3 aliphatic heterocycles. The number of aliphatic imine (C=N–C) groups is 1. The summed E-state index contributed by atoms with van der Waals surface area (Å²) in [7, 11) is 1.76. The predicted octanol–water partition coefficient (Wildman–Crippen LogP) is 6.89. The van der Waals surface area contributed by atoms with Crippen LogP contribution in [0.4, 0.5) is 17.1 Å². The van der Waals surface area contributed by atoms with Gasteiger partial charge in [-0.2, -0.15) is 4.74 Å². The van der Waals surface area contributed by atoms with Crippen molar-refractivity contribution in [2.45, 2.75) is 16.2 Å². The number of nitrogens with one attached hydrogen (secondary N) is 1. The summed E-state index contributed by atoms with van der Waals surface area (Å²) in [5, 5.41) is 26.0. The maximum atomic E-state index is 12.6. The molecule has 0 aliphatic carbocycles. The van der Waals surface area contributed by atoms with Crippen LogP contribution in [0.2, 0.25) is 10.0 Å². The summed E-state index contributed by atoms with van der Waals surface area (Å²) in [6.07, 6.45) is 1.12. The third-order valence-electron chi connectivity index (χ3n) is 8.67. The van der Waals surface area contributed by atoms with E-state index in [-0.39, 0.29) is 13.2 Å². The van der Waals surface area contributed by atoms with Crippen molar-refractivity contribution < 1.29 is 9.85 Å². The van der Waals surface area contributed by atoms with Crippen molar-refractivity contribution in [3.05, 3.63) is 117 Å². The van der Waals surface area contributed by atoms with Gasteiger partial charge in [0.1, 0.15) is 0 Å². The van der Waals surface area contributed by atoms with E-state index in [1.165, 1.54) is 21.2 Å². The first kappa shape index (κ1) is 34.3. The molecule has 1 saturated heterocycles. The van der Waals surface area contributed by atoms with Gasteiger partial charge < -0.3 is 25.4 Å². The SMILES string of the molecule is CNC1=Nc2ccc(Cl)cc2C(c2ccccc2)=[N+]([O-])C1.OCCN1CCN(CCCN2c3ccccc3Sc3ccc(Cl)cc32)CC1. The van der Waals surface area contributed by atoms with E-state index in [2.05, 4.69) is 61.4 Å². The number of aliphatic hydroxyl groups excluding tert-OH is 1. The molecule has 11 heteroatoms. The molecule has 0 radical (unpaired) electrons. The number of aliphatic hydroxyl groups is 1. The van der Waals surface area contributed by atoms with Crippen LogP contribution in [0.3, 0.4) is 0 Å². The number of β-amino-alcohol motifs (C(OH)–C–C–N with tert-alkyl or cyclic N) is 1. The largest absolute Gasteiger partial charge is 0.623 e. The minimum Gasteiger partial charge on any atom is -0.623 e. The molecule has 4 aromatic rings. The maximum absolute atomic E-state index is 12.6. The average Bonchev–Trinajstić information content (AvgIpc) is 3.24. The van der Waals surface area contributed by atoms with Crippen LogP contribution in [0.1, 0.15) is 17.5 Å². The molecule has 0 unspecified atom stereocenters. The molecule has 8 nitrogen and oxygen atoms in total. The summed E-state index contributed by atoms with van der Waals surface area (Å²) in [4.78, 5) is 14.4. The first-order valence-electron chi connectivity index (χ1n) is 16.3. The van der Waals surface area contributed by atoms with Crippen LogP contribution in [0.15, 0.2) is 106 Å². The third-order valence-corrected chi connectivity index (χ3v) is 10.3. The Kier molecular flexibility index (Phi) is 11.6. The molecule has 0 bridgehead atoms. The molecule has 0 spiro atoms. The lowest BCUT2D eigenvalue weighted by Crippen LogP contribution is -2.47. The van der Waals surface area contributed by atoms with Gasteiger partial charge in [0.2, 0.25) is 12.3 Å². The lowest BCUT2D eigenvalue weighted by Gasteiger charge is -2.36. The van der Waals surface area contributed by atoms with E-state index in [1.807, 2.05) is 54.2 Å². The minimum absolute atomic E-state index is 0.174. The summed E-state index contributed by atoms with van der Waals surface area (Å²) in [6, 6.07) is 29.8. The molecular weight excluding hydrogens is 663 g/mol. The quantitative estimate of drug-likeness (QED) is 0.160. The van der Waals surface area contributed by atoms with Gasteiger partial charge in [-0.05, 0) is 73.6 Å². The van der Waals surface area contributed by atoms with Gasteiger partial charge in [-0.15, -0.1) is 0 Å². The van der Waals surface area contributed by atoms with E-state index >= 15 is 0 Å². The van der Waals surface area contributed by atoms with Crippen molar-refractivity contribution >= 4 is 63.6 Å². The topological polar surface area (TPSA) is 80.4 Å². The maximum Gasteiger partial charge on any atom is 0.228 e. The number of hydrogen-bond donors (Lipinski definition) is 2. The summed E-state index contributed by atoms with van der Waals surface area (Å²) < 4.78 is 0.951. The molecule has 4 aromatic carbocycles. The second-order valence-electron chi connectivity index (χ2n) is 11.8. The molecule has 1 fully saturated rings. The highest BCUT2D eigenvalue weighted by atomic mass is 35.5. The molecule has 2 N–H and O–H groups in total. The van der Waals surface area contributed by atoms with E-state index in [1.54, 1.807) is 19.2 Å². The van der Waals surface area contributed by atoms with Gasteiger partial charge in [-0.1, -0.05) is 65.3 Å². The van der Waals surface area contributed by atoms with Gasteiger partial charge in [0.15, 0.2) is 5.84 Å². The molecule has 0 aromatic heterocycles. The van der Waals surface area contributed by atoms with Gasteiger partial charge in [-0.3, -0.25) is 4.90 Å². The van der Waals surface area contributed by atoms with Gasteiger partial charge in [0.25, 0.3) is 0 Å². The molecule has 7 rings (SSSR count). The molecule has 48 heavy (non-hydrogen) atoms. The zero-order valence-electron chi connectivity index (χ0n) is 27.0. The van der Waals surface area contributed by atoms with E-state index in [0.29, 0.717) is 16.6 Å². The molecule has 0 saturated carbocycles. The standard InChI is InChI=1S/C21H26ClN3OS.C16H14ClN3O/c22-17-6-7-21-19(16-17)25(18-4-1-2-5-20(18)27-21)9-3-8-23-10-12-24(13-11-23)14-15-26;1-18-15-10-20(21)16(11-5-3-2-4-6-11)13-9-12(17)7-8-14(13)19-15/h1-2,4-7,16,26H,3,8-15H2;2-9H,10H2,1H3,(H,18,19). The zero-order valence-corrected chi connectivity index (χ0v) is 29.3. The van der Waals surface area contributed by atoms with Crippen molar-refractivity contribution in [1.29, 1.82) is 0 Å². The van der Waals surface area contributed by atoms with Gasteiger partial charge in [0.05, 0.1) is 29.2 Å². The monoisotopic (exact) mass is 702 g/mol. The summed E-state index contributed by atoms with van der Waals surface area (Å²) in [6.45, 7) is 7.62. The van der Waals surface area contributed by atoms with Gasteiger partial charge >= 0.3 is 0 Å². The Morgan fingerprint density at radius 1 is 0.812 bits per heavy atom. The Bertz CT molecular complexity index is 1780. The summed E-state index contributed by atoms with van der Waals surface area (Å²) in [5.41, 5.74) is 5.42. The molecule has 0 atom stereocenters. The smallest absolute Gasteiger partial charge is 0.228 e. The zero-order chi connectivity index (χ0) is 33.5. The van der Waals surface area contributed by atoms with Crippen LogP contribution in [-0.2, 0) is 0 Å². The van der Waals surface area contributed by atoms with Crippen LogP contribution < -0.4 is 10.2 Å². The highest BCUT2D eigenvalue weighted by molar-refractivity contribution is 7.99. The molecular formula is C37H40Cl2N6O2S. The normalized spacial score (nSPS) is 16.2. The molecule has 250 valence electrons. The number of rotatable bonds is 7. The number of likely N-dealkylation sites (N-methyl/N-ethyl adjacent to an activating group) is 1. The van der Waals surface area contributed by atoms with E-state index in [0.717, 1.165) is 78.8 Å². The number of anilines is 2. The van der Waals surface area contributed by atoms with E-state index in [4.69, 9.17) is 28.3 Å². The Morgan fingerprint density at radius 2 is 1.48 bits per heavy atom. The second-order valence-corrected chi connectivity index (χ2v) is 13.8. The van der Waals surface area contributed by atoms with Gasteiger partial charge in [0, 0.05) is 71.7 Å². The van der Waals surface area contributed by atoms with Crippen LogP contribution in [0, 0.1) is 5.21 Å². The third kappa shape index (κ3) is 8.17. The highest BCUT2D eigenvalue weighted by Crippen LogP contribution is 2.48. The molecule has 3 heterocycles. The average molecular weight is 704 g/mol. The number of benzene rings is 4. The van der Waals surface area contributed by atoms with Crippen molar-refractivity contribution in [2.24, 2.45) is 4.99 Å². The second kappa shape index (κ2) is 16.2. The van der Waals surface area contributed by atoms with Crippen molar-refractivity contribution in [2.75, 3.05) is 70.9 Å². The van der Waals surface area contributed by atoms with E-state index < -0.39 is 0 Å². The van der Waals surface area contributed by atoms with Crippen LogP contribution >= 0.6 is 35.0 Å². The van der Waals surface area contributed by atoms with E-state index in [9.17, 15) is 5.21 Å². The Labute approximate surface area is 296 Å². The van der Waals surface area contributed by atoms with Crippen LogP contribution in [0.5, 0.6) is 0 Å². The highest BCUT2D eigenvalue weighted by Gasteiger charge is 2.25. The number of fused-ring (bicyclic) bond motifs is 3. The lowest BCUT2D eigenvalue weighted by atomic mass is 10.0. The fraction of sp³-hybridized carbons (Fsp3) is 0.297. The first-order valence-corrected chi connectivity index (χ1v) is 17.8. The van der Waals surface area contributed by atoms with Crippen molar-refractivity contribution in [3.8, 4) is 0 Å². The first-order chi connectivity index (χ1) is 23.4. The number of halogens is 2. The fourth-order valence-electron chi connectivity index (χ4n) is 6.23. The lowest BCUT2D eigenvalue weighted by molar-refractivity contribution is -0.439. The Morgan fingerprint density at radius 3 is 2.23 bits per heavy atom. The number of hydrogen-bond acceptors (Lipinski definition) is 8. The van der Waals surface area contributed by atoms with Crippen LogP contribution in [0.25, 0.3) is 0 Å². The van der Waals surface area contributed by atoms with Crippen molar-refractivity contribution in [3.63, 3.8) is 0 Å². The van der Waals surface area contributed by atoms with Crippen LogP contribution in [-0.4, -0.2) is 97.2 Å². The Hall–Kier alpha value is -3.57. The number of nitrogens with zero attached hydrogens (tertiary/aromatic N) is 5. The molecule has 3 aliphatic rings. The Balaban J connectivity index is 0.000000173. The fourth-order valence-corrected chi connectivity index (χ4v) is 7.64. The minimum atomic E-state index is 0.174. The summed E-state index contributed by atoms with van der Waals surface area (Å²) >= 11 is 14.2. The number of amidine groups is 1.